The molecule has 1 fully saturated rings. The van der Waals surface area contributed by atoms with Crippen molar-refractivity contribution in [3.63, 3.8) is 0 Å². The largest absolute Gasteiger partial charge is 0.381 e. The Bertz CT molecular complexity index is 399. The number of aromatic nitrogens is 2. The van der Waals surface area contributed by atoms with Crippen LogP contribution in [0, 0.1) is 12.8 Å². The summed E-state index contributed by atoms with van der Waals surface area (Å²) in [5.41, 5.74) is 2.32. The van der Waals surface area contributed by atoms with Gasteiger partial charge in [-0.05, 0) is 48.7 Å². The SMILES string of the molecule is CNC(Cc1c(Br)c(C)nn1C)C1CCCOC1. The minimum absolute atomic E-state index is 0.455. The van der Waals surface area contributed by atoms with Crippen molar-refractivity contribution >= 4 is 15.9 Å². The second kappa shape index (κ2) is 6.17. The molecule has 0 amide bonds. The van der Waals surface area contributed by atoms with Crippen LogP contribution in [0.1, 0.15) is 24.2 Å². The van der Waals surface area contributed by atoms with Gasteiger partial charge in [0.1, 0.15) is 0 Å². The molecule has 0 spiro atoms. The summed E-state index contributed by atoms with van der Waals surface area (Å²) in [6.07, 6.45) is 3.41. The predicted octanol–water partition coefficient (Wildman–Crippen LogP) is 2.05. The zero-order valence-electron chi connectivity index (χ0n) is 11.4. The molecule has 2 unspecified atom stereocenters. The lowest BCUT2D eigenvalue weighted by molar-refractivity contribution is 0.0402. The fourth-order valence-corrected chi connectivity index (χ4v) is 3.20. The molecule has 5 heteroatoms. The molecule has 0 saturated carbocycles. The summed E-state index contributed by atoms with van der Waals surface area (Å²) in [7, 11) is 4.05. The third-order valence-electron chi connectivity index (χ3n) is 3.81. The van der Waals surface area contributed by atoms with Gasteiger partial charge in [-0.1, -0.05) is 0 Å². The molecule has 0 aliphatic carbocycles. The van der Waals surface area contributed by atoms with E-state index in [1.54, 1.807) is 0 Å². The van der Waals surface area contributed by atoms with Gasteiger partial charge in [-0.2, -0.15) is 5.10 Å². The minimum Gasteiger partial charge on any atom is -0.381 e. The number of ether oxygens (including phenoxy) is 1. The van der Waals surface area contributed by atoms with Crippen molar-refractivity contribution in [3.8, 4) is 0 Å². The highest BCUT2D eigenvalue weighted by Crippen LogP contribution is 2.25. The van der Waals surface area contributed by atoms with E-state index in [1.807, 2.05) is 25.7 Å². The highest BCUT2D eigenvalue weighted by Gasteiger charge is 2.25. The summed E-state index contributed by atoms with van der Waals surface area (Å²) in [5.74, 6) is 0.603. The molecule has 1 aliphatic heterocycles. The average molecular weight is 316 g/mol. The molecule has 1 saturated heterocycles. The van der Waals surface area contributed by atoms with E-state index in [9.17, 15) is 0 Å². The highest BCUT2D eigenvalue weighted by molar-refractivity contribution is 9.10. The molecule has 2 atom stereocenters. The zero-order chi connectivity index (χ0) is 13.1. The molecule has 102 valence electrons. The molecule has 4 nitrogen and oxygen atoms in total. The Labute approximate surface area is 117 Å². The lowest BCUT2D eigenvalue weighted by Crippen LogP contribution is -2.40. The van der Waals surface area contributed by atoms with E-state index in [2.05, 4.69) is 26.3 Å². The molecule has 18 heavy (non-hydrogen) atoms. The first-order chi connectivity index (χ1) is 8.63. The van der Waals surface area contributed by atoms with Gasteiger partial charge in [-0.3, -0.25) is 4.68 Å². The van der Waals surface area contributed by atoms with E-state index >= 15 is 0 Å². The Kier molecular flexibility index (Phi) is 4.81. The van der Waals surface area contributed by atoms with E-state index in [0.717, 1.165) is 29.8 Å². The van der Waals surface area contributed by atoms with Crippen molar-refractivity contribution in [2.24, 2.45) is 13.0 Å². The molecule has 2 rings (SSSR count). The minimum atomic E-state index is 0.455. The van der Waals surface area contributed by atoms with Gasteiger partial charge in [-0.15, -0.1) is 0 Å². The number of rotatable bonds is 4. The van der Waals surface area contributed by atoms with Crippen molar-refractivity contribution in [3.05, 3.63) is 15.9 Å². The molecule has 0 bridgehead atoms. The number of nitrogens with zero attached hydrogens (tertiary/aromatic N) is 2. The van der Waals surface area contributed by atoms with Crippen molar-refractivity contribution in [2.75, 3.05) is 20.3 Å². The molecular weight excluding hydrogens is 294 g/mol. The van der Waals surface area contributed by atoms with Gasteiger partial charge in [0, 0.05) is 26.1 Å². The molecule has 0 radical (unpaired) electrons. The quantitative estimate of drug-likeness (QED) is 0.924. The van der Waals surface area contributed by atoms with Crippen LogP contribution < -0.4 is 5.32 Å². The Balaban J connectivity index is 2.09. The van der Waals surface area contributed by atoms with Crippen LogP contribution in [0.25, 0.3) is 0 Å². The van der Waals surface area contributed by atoms with Crippen LogP contribution in [0.15, 0.2) is 4.47 Å². The Morgan fingerprint density at radius 3 is 2.89 bits per heavy atom. The average Bonchev–Trinajstić information content (AvgIpc) is 2.62. The Morgan fingerprint density at radius 2 is 2.39 bits per heavy atom. The van der Waals surface area contributed by atoms with E-state index in [-0.39, 0.29) is 0 Å². The Morgan fingerprint density at radius 1 is 1.61 bits per heavy atom. The van der Waals surface area contributed by atoms with E-state index in [0.29, 0.717) is 12.0 Å². The molecule has 1 N–H and O–H groups in total. The van der Waals surface area contributed by atoms with Crippen molar-refractivity contribution in [2.45, 2.75) is 32.2 Å². The normalized spacial score (nSPS) is 22.1. The zero-order valence-corrected chi connectivity index (χ0v) is 13.0. The number of halogens is 1. The smallest absolute Gasteiger partial charge is 0.0738 e. The first kappa shape index (κ1) is 14.0. The predicted molar refractivity (Wildman–Crippen MR) is 75.7 cm³/mol. The monoisotopic (exact) mass is 315 g/mol. The maximum atomic E-state index is 5.59. The van der Waals surface area contributed by atoms with Crippen molar-refractivity contribution < 1.29 is 4.74 Å². The summed E-state index contributed by atoms with van der Waals surface area (Å²) in [5, 5.41) is 7.90. The fraction of sp³-hybridized carbons (Fsp3) is 0.769. The molecule has 1 aliphatic rings. The van der Waals surface area contributed by atoms with Crippen LogP contribution in [0.3, 0.4) is 0 Å². The summed E-state index contributed by atoms with van der Waals surface area (Å²) in [6.45, 7) is 3.83. The van der Waals surface area contributed by atoms with Gasteiger partial charge < -0.3 is 10.1 Å². The van der Waals surface area contributed by atoms with Crippen LogP contribution in [0.2, 0.25) is 0 Å². The van der Waals surface area contributed by atoms with Gasteiger partial charge >= 0.3 is 0 Å². The van der Waals surface area contributed by atoms with Crippen molar-refractivity contribution in [1.29, 1.82) is 0 Å². The van der Waals surface area contributed by atoms with Crippen LogP contribution in [-0.4, -0.2) is 36.1 Å². The first-order valence-corrected chi connectivity index (χ1v) is 7.35. The van der Waals surface area contributed by atoms with Crippen LogP contribution in [-0.2, 0) is 18.2 Å². The summed E-state index contributed by atoms with van der Waals surface area (Å²) in [6, 6.07) is 0.455. The second-order valence-corrected chi connectivity index (χ2v) is 5.84. The first-order valence-electron chi connectivity index (χ1n) is 6.56. The molecule has 0 aromatic carbocycles. The fourth-order valence-electron chi connectivity index (χ4n) is 2.70. The van der Waals surface area contributed by atoms with Gasteiger partial charge in [0.05, 0.1) is 22.5 Å². The number of hydrogen-bond donors (Lipinski definition) is 1. The van der Waals surface area contributed by atoms with Crippen LogP contribution >= 0.6 is 15.9 Å². The van der Waals surface area contributed by atoms with Crippen LogP contribution in [0.5, 0.6) is 0 Å². The molecule has 2 heterocycles. The Hall–Kier alpha value is -0.390. The number of nitrogens with one attached hydrogen (secondary N) is 1. The lowest BCUT2D eigenvalue weighted by atomic mass is 9.90. The maximum absolute atomic E-state index is 5.59. The topological polar surface area (TPSA) is 39.1 Å². The number of aryl methyl sites for hydroxylation is 2. The van der Waals surface area contributed by atoms with Gasteiger partial charge in [0.2, 0.25) is 0 Å². The van der Waals surface area contributed by atoms with Gasteiger partial charge in [0.15, 0.2) is 0 Å². The maximum Gasteiger partial charge on any atom is 0.0738 e. The van der Waals surface area contributed by atoms with Crippen LogP contribution in [0.4, 0.5) is 0 Å². The third kappa shape index (κ3) is 2.95. The van der Waals surface area contributed by atoms with Crippen molar-refractivity contribution in [1.82, 2.24) is 15.1 Å². The molecule has 1 aromatic heterocycles. The number of hydrogen-bond acceptors (Lipinski definition) is 3. The standard InChI is InChI=1S/C13H22BrN3O/c1-9-13(14)12(17(3)16-9)7-11(15-2)10-5-4-6-18-8-10/h10-11,15H,4-8H2,1-3H3. The lowest BCUT2D eigenvalue weighted by Gasteiger charge is -2.30. The second-order valence-electron chi connectivity index (χ2n) is 5.05. The van der Waals surface area contributed by atoms with Gasteiger partial charge in [-0.25, -0.2) is 0 Å². The molecule has 1 aromatic rings. The van der Waals surface area contributed by atoms with E-state index in [4.69, 9.17) is 4.74 Å². The molecular formula is C13H22BrN3O. The third-order valence-corrected chi connectivity index (χ3v) is 4.84. The van der Waals surface area contributed by atoms with E-state index < -0.39 is 0 Å². The van der Waals surface area contributed by atoms with E-state index in [1.165, 1.54) is 18.5 Å². The highest BCUT2D eigenvalue weighted by atomic mass is 79.9. The van der Waals surface area contributed by atoms with Gasteiger partial charge in [0.25, 0.3) is 0 Å². The summed E-state index contributed by atoms with van der Waals surface area (Å²) >= 11 is 3.64. The summed E-state index contributed by atoms with van der Waals surface area (Å²) < 4.78 is 8.71. The number of likely N-dealkylation sites (N-methyl/N-ethyl adjacent to an activating group) is 1. The summed E-state index contributed by atoms with van der Waals surface area (Å²) in [4.78, 5) is 0.